The first-order chi connectivity index (χ1) is 6.82. The van der Waals surface area contributed by atoms with Gasteiger partial charge in [-0.15, -0.1) is 0 Å². The first-order valence-electron chi connectivity index (χ1n) is 5.53. The van der Waals surface area contributed by atoms with Crippen molar-refractivity contribution in [2.45, 2.75) is 19.6 Å². The third-order valence-corrected chi connectivity index (χ3v) is 5.27. The largest absolute Gasteiger partial charge is 0.355 e. The zero-order chi connectivity index (χ0) is 11.6. The Morgan fingerprint density at radius 2 is 1.60 bits per heavy atom. The summed E-state index contributed by atoms with van der Waals surface area (Å²) in [6.07, 6.45) is 0. The molecule has 5 heteroatoms. The van der Waals surface area contributed by atoms with Gasteiger partial charge >= 0.3 is 6.03 Å². The SMILES string of the molecule is CN1CCN(C(=O)N(C)[Si](C)(C)C)CC1. The van der Waals surface area contributed by atoms with Gasteiger partial charge in [-0.25, -0.2) is 4.79 Å². The van der Waals surface area contributed by atoms with Crippen LogP contribution < -0.4 is 0 Å². The van der Waals surface area contributed by atoms with E-state index in [1.807, 2.05) is 16.5 Å². The molecule has 0 aromatic carbocycles. The van der Waals surface area contributed by atoms with Crippen LogP contribution in [0.3, 0.4) is 0 Å². The molecule has 1 fully saturated rings. The molecule has 0 spiro atoms. The van der Waals surface area contributed by atoms with Crippen LogP contribution in [0.25, 0.3) is 0 Å². The number of carbonyl (C=O) groups is 1. The molecule has 0 aromatic rings. The highest BCUT2D eigenvalue weighted by Crippen LogP contribution is 2.11. The minimum absolute atomic E-state index is 0.210. The topological polar surface area (TPSA) is 26.8 Å². The molecule has 0 saturated carbocycles. The van der Waals surface area contributed by atoms with Gasteiger partial charge in [-0.1, -0.05) is 19.6 Å². The zero-order valence-corrected chi connectivity index (χ0v) is 11.6. The third kappa shape index (κ3) is 3.20. The molecule has 1 aliphatic heterocycles. The van der Waals surface area contributed by atoms with E-state index in [1.54, 1.807) is 0 Å². The summed E-state index contributed by atoms with van der Waals surface area (Å²) >= 11 is 0. The van der Waals surface area contributed by atoms with E-state index in [4.69, 9.17) is 0 Å². The highest BCUT2D eigenvalue weighted by Gasteiger charge is 2.29. The molecule has 88 valence electrons. The number of rotatable bonds is 1. The van der Waals surface area contributed by atoms with Crippen molar-refractivity contribution in [3.63, 3.8) is 0 Å². The number of piperazine rings is 1. The van der Waals surface area contributed by atoms with E-state index >= 15 is 0 Å². The number of nitrogens with zero attached hydrogens (tertiary/aromatic N) is 3. The molecule has 1 rings (SSSR count). The quantitative estimate of drug-likeness (QED) is 0.630. The fourth-order valence-corrected chi connectivity index (χ4v) is 2.21. The maximum Gasteiger partial charge on any atom is 0.311 e. The number of likely N-dealkylation sites (N-methyl/N-ethyl adjacent to an activating group) is 1. The van der Waals surface area contributed by atoms with Crippen molar-refractivity contribution in [3.05, 3.63) is 0 Å². The molecule has 1 saturated heterocycles. The van der Waals surface area contributed by atoms with Gasteiger partial charge in [-0.05, 0) is 7.05 Å². The average molecular weight is 229 g/mol. The molecule has 1 aliphatic rings. The summed E-state index contributed by atoms with van der Waals surface area (Å²) in [6, 6.07) is 0.210. The summed E-state index contributed by atoms with van der Waals surface area (Å²) in [7, 11) is 2.54. The van der Waals surface area contributed by atoms with Crippen molar-refractivity contribution < 1.29 is 4.79 Å². The molecule has 0 aliphatic carbocycles. The third-order valence-electron chi connectivity index (χ3n) is 3.07. The molecular weight excluding hydrogens is 206 g/mol. The zero-order valence-electron chi connectivity index (χ0n) is 10.6. The summed E-state index contributed by atoms with van der Waals surface area (Å²) in [5.74, 6) is 0. The lowest BCUT2D eigenvalue weighted by Crippen LogP contribution is -2.56. The van der Waals surface area contributed by atoms with Gasteiger partial charge in [-0.2, -0.15) is 0 Å². The summed E-state index contributed by atoms with van der Waals surface area (Å²) in [4.78, 5) is 16.4. The number of hydrogen-bond acceptors (Lipinski definition) is 2. The van der Waals surface area contributed by atoms with Gasteiger partial charge in [0, 0.05) is 33.2 Å². The maximum atomic E-state index is 12.1. The second-order valence-electron chi connectivity index (χ2n) is 5.30. The monoisotopic (exact) mass is 229 g/mol. The van der Waals surface area contributed by atoms with Crippen molar-refractivity contribution in [1.29, 1.82) is 0 Å². The maximum absolute atomic E-state index is 12.1. The molecule has 0 bridgehead atoms. The number of carbonyl (C=O) groups excluding carboxylic acids is 1. The minimum atomic E-state index is -1.50. The van der Waals surface area contributed by atoms with Gasteiger partial charge in [0.15, 0.2) is 8.24 Å². The van der Waals surface area contributed by atoms with E-state index in [2.05, 4.69) is 31.6 Å². The Morgan fingerprint density at radius 1 is 1.13 bits per heavy atom. The van der Waals surface area contributed by atoms with E-state index in [-0.39, 0.29) is 6.03 Å². The van der Waals surface area contributed by atoms with Crippen molar-refractivity contribution in [2.75, 3.05) is 40.3 Å². The van der Waals surface area contributed by atoms with Gasteiger partial charge in [0.2, 0.25) is 0 Å². The van der Waals surface area contributed by atoms with Gasteiger partial charge in [0.25, 0.3) is 0 Å². The Morgan fingerprint density at radius 3 is 2.00 bits per heavy atom. The molecule has 4 nitrogen and oxygen atoms in total. The summed E-state index contributed by atoms with van der Waals surface area (Å²) in [5, 5.41) is 0. The first kappa shape index (κ1) is 12.5. The fourth-order valence-electron chi connectivity index (χ4n) is 1.50. The van der Waals surface area contributed by atoms with E-state index in [0.29, 0.717) is 0 Å². The molecular formula is C10H23N3OSi. The van der Waals surface area contributed by atoms with Crippen LogP contribution in [-0.2, 0) is 0 Å². The van der Waals surface area contributed by atoms with E-state index < -0.39 is 8.24 Å². The highest BCUT2D eigenvalue weighted by atomic mass is 28.3. The summed E-state index contributed by atoms with van der Waals surface area (Å²) < 4.78 is 1.96. The lowest BCUT2D eigenvalue weighted by Gasteiger charge is -2.39. The summed E-state index contributed by atoms with van der Waals surface area (Å²) in [6.45, 7) is 10.3. The van der Waals surface area contributed by atoms with Crippen LogP contribution in [0.4, 0.5) is 4.79 Å². The van der Waals surface area contributed by atoms with Gasteiger partial charge in [0.05, 0.1) is 0 Å². The fraction of sp³-hybridized carbons (Fsp3) is 0.900. The Kier molecular flexibility index (Phi) is 3.78. The first-order valence-corrected chi connectivity index (χ1v) is 8.98. The molecule has 0 radical (unpaired) electrons. The molecule has 1 heterocycles. The molecule has 15 heavy (non-hydrogen) atoms. The van der Waals surface area contributed by atoms with E-state index in [1.165, 1.54) is 0 Å². The smallest absolute Gasteiger partial charge is 0.311 e. The Balaban J connectivity index is 2.54. The van der Waals surface area contributed by atoms with Crippen LogP contribution >= 0.6 is 0 Å². The van der Waals surface area contributed by atoms with Crippen LogP contribution in [0.1, 0.15) is 0 Å². The normalized spacial score (nSPS) is 19.1. The molecule has 0 atom stereocenters. The minimum Gasteiger partial charge on any atom is -0.355 e. The second kappa shape index (κ2) is 4.53. The van der Waals surface area contributed by atoms with Crippen LogP contribution in [0.5, 0.6) is 0 Å². The van der Waals surface area contributed by atoms with Crippen LogP contribution in [0, 0.1) is 0 Å². The van der Waals surface area contributed by atoms with Crippen molar-refractivity contribution >= 4 is 14.3 Å². The Hall–Kier alpha value is -0.553. The average Bonchev–Trinajstić information content (AvgIpc) is 2.15. The molecule has 0 unspecified atom stereocenters. The van der Waals surface area contributed by atoms with Crippen LogP contribution in [0.2, 0.25) is 19.6 Å². The highest BCUT2D eigenvalue weighted by molar-refractivity contribution is 6.75. The molecule has 0 N–H and O–H groups in total. The number of amides is 2. The predicted molar refractivity (Wildman–Crippen MR) is 65.6 cm³/mol. The Labute approximate surface area is 93.9 Å². The second-order valence-corrected chi connectivity index (χ2v) is 10.3. The van der Waals surface area contributed by atoms with E-state index in [0.717, 1.165) is 26.2 Å². The van der Waals surface area contributed by atoms with Crippen molar-refractivity contribution in [1.82, 2.24) is 14.4 Å². The van der Waals surface area contributed by atoms with Gasteiger partial charge < -0.3 is 14.4 Å². The van der Waals surface area contributed by atoms with Crippen molar-refractivity contribution in [3.8, 4) is 0 Å². The molecule has 0 aromatic heterocycles. The van der Waals surface area contributed by atoms with Crippen molar-refractivity contribution in [2.24, 2.45) is 0 Å². The predicted octanol–water partition coefficient (Wildman–Crippen LogP) is 1.12. The Bertz CT molecular complexity index is 231. The number of hydrogen-bond donors (Lipinski definition) is 0. The summed E-state index contributed by atoms with van der Waals surface area (Å²) in [5.41, 5.74) is 0. The van der Waals surface area contributed by atoms with E-state index in [9.17, 15) is 4.79 Å². The van der Waals surface area contributed by atoms with Gasteiger partial charge in [-0.3, -0.25) is 0 Å². The lowest BCUT2D eigenvalue weighted by molar-refractivity contribution is 0.142. The lowest BCUT2D eigenvalue weighted by atomic mass is 10.3. The van der Waals surface area contributed by atoms with Gasteiger partial charge in [0.1, 0.15) is 0 Å². The van der Waals surface area contributed by atoms with Crippen LogP contribution in [0.15, 0.2) is 0 Å². The van der Waals surface area contributed by atoms with Crippen LogP contribution in [-0.4, -0.2) is 68.9 Å². The standard InChI is InChI=1S/C10H23N3OSi/c1-11-6-8-13(9-7-11)10(14)12(2)15(3,4)5/h6-9H2,1-5H3. The number of urea groups is 1. The molecule has 2 amide bonds.